The van der Waals surface area contributed by atoms with Gasteiger partial charge in [0.05, 0.1) is 13.2 Å². The standard InChI is InChI=1S/C10H12F4N2O3S/c11-6-1-2-7(9(14)10(6)15)20(18,19)16(3-4-17)5-8(12)13/h1-2,8,17H,3-5,15H2. The van der Waals surface area contributed by atoms with Gasteiger partial charge in [0.1, 0.15) is 16.4 Å². The molecule has 1 rings (SSSR count). The van der Waals surface area contributed by atoms with E-state index in [1.165, 1.54) is 0 Å². The van der Waals surface area contributed by atoms with Crippen LogP contribution in [0, 0.1) is 11.6 Å². The van der Waals surface area contributed by atoms with Crippen molar-refractivity contribution in [2.45, 2.75) is 11.3 Å². The molecule has 0 bridgehead atoms. The number of rotatable bonds is 6. The number of nitrogens with two attached hydrogens (primary N) is 1. The van der Waals surface area contributed by atoms with Crippen molar-refractivity contribution in [2.75, 3.05) is 25.4 Å². The summed E-state index contributed by atoms with van der Waals surface area (Å²) in [6.07, 6.45) is -3.02. The first-order chi connectivity index (χ1) is 9.21. The Balaban J connectivity index is 3.30. The maximum absolute atomic E-state index is 13.7. The first-order valence-electron chi connectivity index (χ1n) is 5.34. The van der Waals surface area contributed by atoms with E-state index in [9.17, 15) is 26.0 Å². The number of aliphatic hydroxyl groups is 1. The Morgan fingerprint density at radius 2 is 1.90 bits per heavy atom. The fourth-order valence-corrected chi connectivity index (χ4v) is 2.95. The Kier molecular flexibility index (Phi) is 5.31. The molecule has 1 aromatic carbocycles. The van der Waals surface area contributed by atoms with Crippen LogP contribution in [0.25, 0.3) is 0 Å². The molecule has 0 heterocycles. The van der Waals surface area contributed by atoms with Crippen molar-refractivity contribution in [3.8, 4) is 0 Å². The summed E-state index contributed by atoms with van der Waals surface area (Å²) >= 11 is 0. The van der Waals surface area contributed by atoms with E-state index in [0.29, 0.717) is 12.1 Å². The highest BCUT2D eigenvalue weighted by Gasteiger charge is 2.30. The third-order valence-corrected chi connectivity index (χ3v) is 4.28. The molecular weight excluding hydrogens is 304 g/mol. The molecule has 0 aromatic heterocycles. The van der Waals surface area contributed by atoms with Crippen molar-refractivity contribution in [1.82, 2.24) is 4.31 Å². The zero-order valence-corrected chi connectivity index (χ0v) is 10.9. The van der Waals surface area contributed by atoms with E-state index >= 15 is 0 Å². The number of benzene rings is 1. The fourth-order valence-electron chi connectivity index (χ4n) is 1.46. The summed E-state index contributed by atoms with van der Waals surface area (Å²) in [5.41, 5.74) is 4.00. The Morgan fingerprint density at radius 1 is 1.30 bits per heavy atom. The number of hydrogen-bond acceptors (Lipinski definition) is 4. The van der Waals surface area contributed by atoms with E-state index < -0.39 is 58.4 Å². The van der Waals surface area contributed by atoms with Crippen LogP contribution in [0.4, 0.5) is 23.2 Å². The maximum Gasteiger partial charge on any atom is 0.252 e. The molecule has 0 atom stereocenters. The molecule has 20 heavy (non-hydrogen) atoms. The second-order valence-corrected chi connectivity index (χ2v) is 5.66. The first-order valence-corrected chi connectivity index (χ1v) is 6.78. The van der Waals surface area contributed by atoms with Gasteiger partial charge in [0.15, 0.2) is 5.82 Å². The van der Waals surface area contributed by atoms with Crippen LogP contribution >= 0.6 is 0 Å². The summed E-state index contributed by atoms with van der Waals surface area (Å²) in [7, 11) is -4.66. The molecule has 10 heteroatoms. The minimum atomic E-state index is -4.66. The largest absolute Gasteiger partial charge is 0.395 e. The molecule has 0 radical (unpaired) electrons. The van der Waals surface area contributed by atoms with Gasteiger partial charge in [0, 0.05) is 6.54 Å². The lowest BCUT2D eigenvalue weighted by atomic mass is 10.3. The highest BCUT2D eigenvalue weighted by atomic mass is 32.2. The van der Waals surface area contributed by atoms with Crippen molar-refractivity contribution in [3.63, 3.8) is 0 Å². The summed E-state index contributed by atoms with van der Waals surface area (Å²) in [6, 6.07) is 1.21. The molecule has 0 amide bonds. The van der Waals surface area contributed by atoms with Crippen LogP contribution < -0.4 is 5.73 Å². The van der Waals surface area contributed by atoms with Crippen LogP contribution in [-0.4, -0.2) is 44.0 Å². The Hall–Kier alpha value is -1.39. The predicted molar refractivity (Wildman–Crippen MR) is 62.6 cm³/mol. The van der Waals surface area contributed by atoms with E-state index in [1.807, 2.05) is 0 Å². The zero-order valence-electron chi connectivity index (χ0n) is 10.1. The lowest BCUT2D eigenvalue weighted by Crippen LogP contribution is -2.37. The van der Waals surface area contributed by atoms with Crippen LogP contribution in [0.1, 0.15) is 0 Å². The molecule has 3 N–H and O–H groups in total. The molecule has 0 saturated carbocycles. The number of sulfonamides is 1. The summed E-state index contributed by atoms with van der Waals surface area (Å²) in [5.74, 6) is -2.72. The number of hydrogen-bond donors (Lipinski definition) is 2. The predicted octanol–water partition coefficient (Wildman–Crippen LogP) is 0.795. The van der Waals surface area contributed by atoms with Crippen molar-refractivity contribution in [3.05, 3.63) is 23.8 Å². The molecule has 0 spiro atoms. The van der Waals surface area contributed by atoms with Crippen molar-refractivity contribution >= 4 is 15.7 Å². The maximum atomic E-state index is 13.7. The van der Waals surface area contributed by atoms with E-state index in [1.54, 1.807) is 0 Å². The molecule has 0 aliphatic rings. The van der Waals surface area contributed by atoms with Gasteiger partial charge in [-0.05, 0) is 12.1 Å². The summed E-state index contributed by atoms with van der Waals surface area (Å²) in [6.45, 7) is -2.60. The number of anilines is 1. The Bertz CT molecular complexity index is 580. The molecule has 0 fully saturated rings. The number of alkyl halides is 2. The molecule has 0 saturated heterocycles. The van der Waals surface area contributed by atoms with E-state index in [4.69, 9.17) is 10.8 Å². The molecule has 0 aliphatic heterocycles. The summed E-state index contributed by atoms with van der Waals surface area (Å²) < 4.78 is 75.5. The van der Waals surface area contributed by atoms with Crippen LogP contribution in [0.3, 0.4) is 0 Å². The third kappa shape index (κ3) is 3.38. The van der Waals surface area contributed by atoms with Crippen molar-refractivity contribution in [1.29, 1.82) is 0 Å². The fraction of sp³-hybridized carbons (Fsp3) is 0.400. The molecular formula is C10H12F4N2O3S. The van der Waals surface area contributed by atoms with E-state index in [2.05, 4.69) is 0 Å². The smallest absolute Gasteiger partial charge is 0.252 e. The number of nitrogens with zero attached hydrogens (tertiary/aromatic N) is 1. The van der Waals surface area contributed by atoms with E-state index in [0.717, 1.165) is 0 Å². The van der Waals surface area contributed by atoms with Crippen LogP contribution in [0.15, 0.2) is 17.0 Å². The minimum Gasteiger partial charge on any atom is -0.395 e. The average Bonchev–Trinajstić information content (AvgIpc) is 2.34. The van der Waals surface area contributed by atoms with Gasteiger partial charge >= 0.3 is 0 Å². The first kappa shape index (κ1) is 16.7. The Morgan fingerprint density at radius 3 is 2.40 bits per heavy atom. The summed E-state index contributed by atoms with van der Waals surface area (Å²) in [5, 5.41) is 8.70. The molecule has 5 nitrogen and oxygen atoms in total. The average molecular weight is 316 g/mol. The van der Waals surface area contributed by atoms with Gasteiger partial charge in [-0.3, -0.25) is 0 Å². The molecule has 114 valence electrons. The highest BCUT2D eigenvalue weighted by Crippen LogP contribution is 2.25. The van der Waals surface area contributed by atoms with Gasteiger partial charge in [-0.25, -0.2) is 26.0 Å². The monoisotopic (exact) mass is 316 g/mol. The lowest BCUT2D eigenvalue weighted by Gasteiger charge is -2.21. The van der Waals surface area contributed by atoms with Gasteiger partial charge in [0.25, 0.3) is 6.43 Å². The lowest BCUT2D eigenvalue weighted by molar-refractivity contribution is 0.113. The van der Waals surface area contributed by atoms with E-state index in [-0.39, 0.29) is 4.31 Å². The molecule has 0 unspecified atom stereocenters. The topological polar surface area (TPSA) is 83.6 Å². The van der Waals surface area contributed by atoms with Gasteiger partial charge in [0.2, 0.25) is 10.0 Å². The van der Waals surface area contributed by atoms with Crippen molar-refractivity contribution in [2.24, 2.45) is 0 Å². The quantitative estimate of drug-likeness (QED) is 0.600. The zero-order chi connectivity index (χ0) is 15.5. The number of aliphatic hydroxyl groups excluding tert-OH is 1. The third-order valence-electron chi connectivity index (χ3n) is 2.40. The van der Waals surface area contributed by atoms with Crippen LogP contribution in [0.5, 0.6) is 0 Å². The minimum absolute atomic E-state index is 0.202. The van der Waals surface area contributed by atoms with Crippen LogP contribution in [-0.2, 0) is 10.0 Å². The summed E-state index contributed by atoms with van der Waals surface area (Å²) in [4.78, 5) is -1.02. The normalized spacial score (nSPS) is 12.3. The highest BCUT2D eigenvalue weighted by molar-refractivity contribution is 7.89. The number of halogens is 4. The second kappa shape index (κ2) is 6.37. The molecule has 0 aliphatic carbocycles. The van der Waals surface area contributed by atoms with Crippen LogP contribution in [0.2, 0.25) is 0 Å². The van der Waals surface area contributed by atoms with Crippen molar-refractivity contribution < 1.29 is 31.1 Å². The van der Waals surface area contributed by atoms with Gasteiger partial charge < -0.3 is 10.8 Å². The SMILES string of the molecule is Nc1c(F)ccc(S(=O)(=O)N(CCO)CC(F)F)c1F. The second-order valence-electron chi connectivity index (χ2n) is 3.75. The Labute approximate surface area is 112 Å². The number of nitrogen functional groups attached to an aromatic ring is 1. The molecule has 1 aromatic rings. The van der Waals surface area contributed by atoms with Gasteiger partial charge in [-0.15, -0.1) is 0 Å². The van der Waals surface area contributed by atoms with Gasteiger partial charge in [-0.2, -0.15) is 4.31 Å². The van der Waals surface area contributed by atoms with Gasteiger partial charge in [-0.1, -0.05) is 0 Å².